The van der Waals surface area contributed by atoms with E-state index in [2.05, 4.69) is 0 Å². The van der Waals surface area contributed by atoms with Crippen molar-refractivity contribution in [3.63, 3.8) is 0 Å². The molecule has 4 rings (SSSR count). The molecule has 0 bridgehead atoms. The Kier molecular flexibility index (Phi) is 3.61. The van der Waals surface area contributed by atoms with E-state index < -0.39 is 16.8 Å². The molecule has 0 radical (unpaired) electrons. The van der Waals surface area contributed by atoms with Crippen LogP contribution in [0.2, 0.25) is 0 Å². The summed E-state index contributed by atoms with van der Waals surface area (Å²) in [6, 6.07) is 5.28. The third-order valence-electron chi connectivity index (χ3n) is 4.61. The molecule has 4 aromatic rings. The lowest BCUT2D eigenvalue weighted by atomic mass is 9.97. The molecule has 0 aliphatic carbocycles. The maximum Gasteiger partial charge on any atom is 0.302 e. The molecule has 27 heavy (non-hydrogen) atoms. The topological polar surface area (TPSA) is 124 Å². The fraction of sp³-hybridized carbons (Fsp3) is 0.250. The summed E-state index contributed by atoms with van der Waals surface area (Å²) in [5, 5.41) is 40.4. The lowest BCUT2D eigenvalue weighted by Crippen LogP contribution is -2.19. The van der Waals surface area contributed by atoms with E-state index in [9.17, 15) is 25.2 Å². The normalized spacial score (nSPS) is 12.4. The summed E-state index contributed by atoms with van der Waals surface area (Å²) in [4.78, 5) is 12.9. The van der Waals surface area contributed by atoms with Gasteiger partial charge in [-0.1, -0.05) is 0 Å². The molecule has 2 heterocycles. The number of rotatable bonds is 3. The lowest BCUT2D eigenvalue weighted by molar-refractivity contribution is 0.0713. The van der Waals surface area contributed by atoms with Gasteiger partial charge < -0.3 is 29.3 Å². The van der Waals surface area contributed by atoms with Crippen molar-refractivity contribution in [3.8, 4) is 17.2 Å². The van der Waals surface area contributed by atoms with E-state index in [1.54, 1.807) is 19.9 Å². The molecule has 4 N–H and O–H groups in total. The van der Waals surface area contributed by atoms with E-state index in [1.165, 1.54) is 12.1 Å². The molecule has 7 heteroatoms. The van der Waals surface area contributed by atoms with Crippen molar-refractivity contribution in [2.45, 2.75) is 32.3 Å². The summed E-state index contributed by atoms with van der Waals surface area (Å²) in [5.41, 5.74) is -0.703. The monoisotopic (exact) mass is 370 g/mol. The second-order valence-corrected chi connectivity index (χ2v) is 7.29. The number of fused-ring (bicyclic) bond motifs is 4. The van der Waals surface area contributed by atoms with Gasteiger partial charge in [0.1, 0.15) is 39.2 Å². The molecule has 7 nitrogen and oxygen atoms in total. The molecule has 0 saturated heterocycles. The number of hydrogen-bond donors (Lipinski definition) is 4. The van der Waals surface area contributed by atoms with Crippen molar-refractivity contribution in [3.05, 3.63) is 40.1 Å². The number of furan rings is 1. The molecular formula is C20H18O7. The summed E-state index contributed by atoms with van der Waals surface area (Å²) in [5.74, 6) is -0.718. The Labute approximate surface area is 152 Å². The van der Waals surface area contributed by atoms with Gasteiger partial charge in [-0.15, -0.1) is 0 Å². The molecule has 0 atom stereocenters. The van der Waals surface area contributed by atoms with Gasteiger partial charge in [-0.05, 0) is 38.8 Å². The van der Waals surface area contributed by atoms with E-state index in [-0.39, 0.29) is 39.2 Å². The van der Waals surface area contributed by atoms with Crippen LogP contribution in [-0.2, 0) is 6.42 Å². The largest absolute Gasteiger partial charge is 0.508 e. The Morgan fingerprint density at radius 2 is 1.74 bits per heavy atom. The first kappa shape index (κ1) is 17.2. The Hall–Kier alpha value is -3.19. The fourth-order valence-corrected chi connectivity index (χ4v) is 3.26. The standard InChI is InChI=1S/C20H18O7/c1-20(2,25)6-5-10-12(22)4-3-11-15-17(24)16-13(23)7-9(21)8-14(16)26-19(15)27-18(10)11/h3-4,7-8,21-23,25H,5-6H2,1-2H3. The zero-order valence-corrected chi connectivity index (χ0v) is 14.7. The van der Waals surface area contributed by atoms with Crippen molar-refractivity contribution in [2.24, 2.45) is 0 Å². The highest BCUT2D eigenvalue weighted by Crippen LogP contribution is 2.37. The number of benzene rings is 2. The number of phenolic OH excluding ortho intramolecular Hbond substituents is 3. The van der Waals surface area contributed by atoms with Crippen LogP contribution >= 0.6 is 0 Å². The maximum atomic E-state index is 12.9. The number of phenols is 3. The van der Waals surface area contributed by atoms with Crippen molar-refractivity contribution in [1.82, 2.24) is 0 Å². The van der Waals surface area contributed by atoms with Crippen LogP contribution in [0.5, 0.6) is 17.2 Å². The van der Waals surface area contributed by atoms with Gasteiger partial charge >= 0.3 is 5.78 Å². The third kappa shape index (κ3) is 2.76. The first-order valence-corrected chi connectivity index (χ1v) is 8.44. The van der Waals surface area contributed by atoms with Gasteiger partial charge in [0, 0.05) is 23.1 Å². The van der Waals surface area contributed by atoms with Gasteiger partial charge in [0.2, 0.25) is 5.43 Å². The van der Waals surface area contributed by atoms with Gasteiger partial charge in [-0.3, -0.25) is 4.79 Å². The summed E-state index contributed by atoms with van der Waals surface area (Å²) >= 11 is 0. The van der Waals surface area contributed by atoms with Gasteiger partial charge in [-0.2, -0.15) is 0 Å². The van der Waals surface area contributed by atoms with Gasteiger partial charge in [-0.25, -0.2) is 0 Å². The Balaban J connectivity index is 2.06. The molecule has 0 aliphatic heterocycles. The van der Waals surface area contributed by atoms with Crippen molar-refractivity contribution < 1.29 is 29.3 Å². The van der Waals surface area contributed by atoms with Crippen LogP contribution in [0.3, 0.4) is 0 Å². The highest BCUT2D eigenvalue weighted by Gasteiger charge is 2.23. The first-order chi connectivity index (χ1) is 12.7. The van der Waals surface area contributed by atoms with E-state index in [4.69, 9.17) is 8.83 Å². The highest BCUT2D eigenvalue weighted by atomic mass is 16.5. The van der Waals surface area contributed by atoms with Crippen LogP contribution < -0.4 is 5.43 Å². The fourth-order valence-electron chi connectivity index (χ4n) is 3.26. The molecule has 2 aromatic carbocycles. The van der Waals surface area contributed by atoms with E-state index in [1.807, 2.05) is 0 Å². The zero-order chi connectivity index (χ0) is 19.5. The molecule has 0 fully saturated rings. The van der Waals surface area contributed by atoms with Crippen LogP contribution in [0.1, 0.15) is 25.8 Å². The third-order valence-corrected chi connectivity index (χ3v) is 4.61. The van der Waals surface area contributed by atoms with E-state index >= 15 is 0 Å². The Morgan fingerprint density at radius 1 is 1.00 bits per heavy atom. The molecule has 0 spiro atoms. The smallest absolute Gasteiger partial charge is 0.302 e. The predicted octanol–water partition coefficient (Wildman–Crippen LogP) is 3.51. The maximum absolute atomic E-state index is 12.9. The average Bonchev–Trinajstić information content (AvgIpc) is 2.90. The van der Waals surface area contributed by atoms with Crippen LogP contribution in [-0.4, -0.2) is 26.0 Å². The highest BCUT2D eigenvalue weighted by molar-refractivity contribution is 6.08. The van der Waals surface area contributed by atoms with E-state index in [0.29, 0.717) is 23.8 Å². The molecule has 2 aromatic heterocycles. The predicted molar refractivity (Wildman–Crippen MR) is 99.4 cm³/mol. The van der Waals surface area contributed by atoms with Crippen LogP contribution in [0.25, 0.3) is 33.1 Å². The quantitative estimate of drug-likeness (QED) is 0.435. The van der Waals surface area contributed by atoms with Gasteiger partial charge in [0.25, 0.3) is 0 Å². The van der Waals surface area contributed by atoms with Crippen LogP contribution in [0.15, 0.2) is 37.9 Å². The molecule has 0 unspecified atom stereocenters. The van der Waals surface area contributed by atoms with Crippen LogP contribution in [0, 0.1) is 0 Å². The van der Waals surface area contributed by atoms with Crippen molar-refractivity contribution >= 4 is 33.1 Å². The minimum Gasteiger partial charge on any atom is -0.508 e. The minimum atomic E-state index is -0.938. The summed E-state index contributed by atoms with van der Waals surface area (Å²) in [7, 11) is 0. The zero-order valence-electron chi connectivity index (χ0n) is 14.7. The number of hydrogen-bond acceptors (Lipinski definition) is 7. The summed E-state index contributed by atoms with van der Waals surface area (Å²) in [6.07, 6.45) is 0.695. The van der Waals surface area contributed by atoms with Gasteiger partial charge in [0.05, 0.1) is 5.60 Å². The second kappa shape index (κ2) is 5.65. The van der Waals surface area contributed by atoms with Crippen LogP contribution in [0.4, 0.5) is 0 Å². The van der Waals surface area contributed by atoms with Gasteiger partial charge in [0.15, 0.2) is 0 Å². The Morgan fingerprint density at radius 3 is 2.44 bits per heavy atom. The molecule has 0 amide bonds. The summed E-state index contributed by atoms with van der Waals surface area (Å²) < 4.78 is 11.3. The number of aliphatic hydroxyl groups is 1. The molecular weight excluding hydrogens is 352 g/mol. The van der Waals surface area contributed by atoms with Crippen molar-refractivity contribution in [2.75, 3.05) is 0 Å². The SMILES string of the molecule is CC(C)(O)CCc1c(O)ccc2c1oc1oc3cc(O)cc(O)c3c(=O)c12. The second-order valence-electron chi connectivity index (χ2n) is 7.29. The molecule has 0 saturated carbocycles. The Bertz CT molecular complexity index is 1260. The van der Waals surface area contributed by atoms with Crippen molar-refractivity contribution in [1.29, 1.82) is 0 Å². The number of aryl methyl sites for hydroxylation is 1. The summed E-state index contributed by atoms with van der Waals surface area (Å²) in [6.45, 7) is 3.33. The molecule has 140 valence electrons. The average molecular weight is 370 g/mol. The lowest BCUT2D eigenvalue weighted by Gasteiger charge is -2.17. The minimum absolute atomic E-state index is 0.00804. The molecule has 0 aliphatic rings. The number of aromatic hydroxyl groups is 3. The first-order valence-electron chi connectivity index (χ1n) is 8.44. The van der Waals surface area contributed by atoms with E-state index in [0.717, 1.165) is 6.07 Å².